The quantitative estimate of drug-likeness (QED) is 0.906. The highest BCUT2D eigenvalue weighted by atomic mass is 79.9. The van der Waals surface area contributed by atoms with Gasteiger partial charge in [-0.25, -0.2) is 9.97 Å². The van der Waals surface area contributed by atoms with E-state index >= 15 is 0 Å². The number of anilines is 1. The fourth-order valence-corrected chi connectivity index (χ4v) is 3.04. The van der Waals surface area contributed by atoms with Crippen LogP contribution in [0.3, 0.4) is 0 Å². The number of nitrogens with one attached hydrogen (secondary N) is 1. The summed E-state index contributed by atoms with van der Waals surface area (Å²) in [5, 5.41) is 5.20. The highest BCUT2D eigenvalue weighted by Gasteiger charge is 2.11. The lowest BCUT2D eigenvalue weighted by atomic mass is 10.2. The van der Waals surface area contributed by atoms with Crippen molar-refractivity contribution in [3.8, 4) is 0 Å². The maximum absolute atomic E-state index is 4.65. The van der Waals surface area contributed by atoms with Crippen molar-refractivity contribution in [2.45, 2.75) is 26.2 Å². The first kappa shape index (κ1) is 13.5. The zero-order valence-corrected chi connectivity index (χ0v) is 12.9. The second-order valence-electron chi connectivity index (χ2n) is 4.01. The fourth-order valence-electron chi connectivity index (χ4n) is 1.76. The molecule has 2 aromatic heterocycles. The summed E-state index contributed by atoms with van der Waals surface area (Å²) >= 11 is 5.31. The van der Waals surface area contributed by atoms with Crippen LogP contribution in [-0.4, -0.2) is 17.0 Å². The minimum Gasteiger partial charge on any atom is -0.372 e. The predicted octanol–water partition coefficient (Wildman–Crippen LogP) is 3.89. The van der Waals surface area contributed by atoms with Crippen LogP contribution in [0, 0.1) is 0 Å². The van der Waals surface area contributed by atoms with E-state index in [1.54, 1.807) is 11.3 Å². The molecule has 0 saturated heterocycles. The second-order valence-corrected chi connectivity index (χ2v) is 5.83. The maximum atomic E-state index is 4.65. The van der Waals surface area contributed by atoms with Crippen molar-refractivity contribution in [2.75, 3.05) is 12.4 Å². The average Bonchev–Trinajstić information content (AvgIpc) is 2.86. The minimum absolute atomic E-state index is 0.802. The average molecular weight is 326 g/mol. The van der Waals surface area contributed by atoms with Gasteiger partial charge in [0.15, 0.2) is 0 Å². The molecule has 96 valence electrons. The van der Waals surface area contributed by atoms with Crippen molar-refractivity contribution in [2.24, 2.45) is 0 Å². The Labute approximate surface area is 120 Å². The topological polar surface area (TPSA) is 37.8 Å². The van der Waals surface area contributed by atoms with E-state index in [1.807, 2.05) is 7.05 Å². The number of rotatable bonds is 5. The Morgan fingerprint density at radius 1 is 1.39 bits per heavy atom. The molecule has 0 amide bonds. The number of hydrogen-bond donors (Lipinski definition) is 1. The van der Waals surface area contributed by atoms with E-state index in [-0.39, 0.29) is 0 Å². The third kappa shape index (κ3) is 3.09. The first-order chi connectivity index (χ1) is 8.74. The van der Waals surface area contributed by atoms with Crippen LogP contribution in [0.4, 0.5) is 5.82 Å². The van der Waals surface area contributed by atoms with Gasteiger partial charge >= 0.3 is 0 Å². The molecule has 3 nitrogen and oxygen atoms in total. The lowest BCUT2D eigenvalue weighted by Gasteiger charge is -2.10. The largest absolute Gasteiger partial charge is 0.372 e. The van der Waals surface area contributed by atoms with Gasteiger partial charge in [0, 0.05) is 18.3 Å². The van der Waals surface area contributed by atoms with Gasteiger partial charge in [0.05, 0.1) is 10.2 Å². The Kier molecular flexibility index (Phi) is 4.72. The first-order valence-electron chi connectivity index (χ1n) is 6.00. The van der Waals surface area contributed by atoms with Crippen LogP contribution in [0.2, 0.25) is 0 Å². The van der Waals surface area contributed by atoms with Crippen LogP contribution < -0.4 is 5.32 Å². The molecule has 1 N–H and O–H groups in total. The first-order valence-corrected chi connectivity index (χ1v) is 7.67. The SMILES string of the molecule is CCCc1nc(Cc2cccs2)nc(NC)c1Br. The predicted molar refractivity (Wildman–Crippen MR) is 80.4 cm³/mol. The number of aryl methyl sites for hydroxylation is 1. The Bertz CT molecular complexity index is 511. The molecule has 0 radical (unpaired) electrons. The van der Waals surface area contributed by atoms with Gasteiger partial charge in [0.2, 0.25) is 0 Å². The highest BCUT2D eigenvalue weighted by molar-refractivity contribution is 9.10. The van der Waals surface area contributed by atoms with Gasteiger partial charge < -0.3 is 5.32 Å². The molecule has 0 spiro atoms. The van der Waals surface area contributed by atoms with Crippen molar-refractivity contribution in [3.05, 3.63) is 38.4 Å². The van der Waals surface area contributed by atoms with Crippen molar-refractivity contribution < 1.29 is 0 Å². The molecule has 2 heterocycles. The zero-order chi connectivity index (χ0) is 13.0. The second kappa shape index (κ2) is 6.29. The van der Waals surface area contributed by atoms with Gasteiger partial charge in [-0.05, 0) is 33.8 Å². The molecule has 0 aliphatic rings. The van der Waals surface area contributed by atoms with Crippen molar-refractivity contribution in [1.29, 1.82) is 0 Å². The normalized spacial score (nSPS) is 10.6. The Morgan fingerprint density at radius 2 is 2.22 bits per heavy atom. The summed E-state index contributed by atoms with van der Waals surface area (Å²) < 4.78 is 0.988. The molecule has 2 aromatic rings. The molecule has 0 fully saturated rings. The van der Waals surface area contributed by atoms with Gasteiger partial charge in [-0.2, -0.15) is 0 Å². The zero-order valence-electron chi connectivity index (χ0n) is 10.5. The molecule has 0 aromatic carbocycles. The van der Waals surface area contributed by atoms with Crippen molar-refractivity contribution >= 4 is 33.1 Å². The summed E-state index contributed by atoms with van der Waals surface area (Å²) in [6.45, 7) is 2.16. The molecular formula is C13H16BrN3S. The number of hydrogen-bond acceptors (Lipinski definition) is 4. The van der Waals surface area contributed by atoms with Crippen molar-refractivity contribution in [3.63, 3.8) is 0 Å². The van der Waals surface area contributed by atoms with E-state index in [2.05, 4.69) is 55.7 Å². The summed E-state index contributed by atoms with van der Waals surface area (Å²) in [7, 11) is 1.89. The summed E-state index contributed by atoms with van der Waals surface area (Å²) in [6, 6.07) is 4.18. The molecule has 0 aliphatic carbocycles. The molecule has 0 aliphatic heterocycles. The third-order valence-corrected chi connectivity index (χ3v) is 4.31. The van der Waals surface area contributed by atoms with E-state index in [9.17, 15) is 0 Å². The van der Waals surface area contributed by atoms with Gasteiger partial charge in [0.1, 0.15) is 11.6 Å². The van der Waals surface area contributed by atoms with E-state index in [1.165, 1.54) is 4.88 Å². The van der Waals surface area contributed by atoms with Crippen LogP contribution in [0.15, 0.2) is 22.0 Å². The molecule has 0 saturated carbocycles. The van der Waals surface area contributed by atoms with Crippen LogP contribution in [-0.2, 0) is 12.8 Å². The van der Waals surface area contributed by atoms with E-state index in [4.69, 9.17) is 0 Å². The molecular weight excluding hydrogens is 310 g/mol. The molecule has 18 heavy (non-hydrogen) atoms. The molecule has 5 heteroatoms. The summed E-state index contributed by atoms with van der Waals surface area (Å²) in [5.41, 5.74) is 1.09. The molecule has 0 bridgehead atoms. The number of nitrogens with zero attached hydrogens (tertiary/aromatic N) is 2. The van der Waals surface area contributed by atoms with Crippen molar-refractivity contribution in [1.82, 2.24) is 9.97 Å². The smallest absolute Gasteiger partial charge is 0.144 e. The van der Waals surface area contributed by atoms with Crippen LogP contribution in [0.25, 0.3) is 0 Å². The van der Waals surface area contributed by atoms with Gasteiger partial charge in [-0.15, -0.1) is 11.3 Å². The Balaban J connectivity index is 2.32. The van der Waals surface area contributed by atoms with Gasteiger partial charge in [-0.1, -0.05) is 19.4 Å². The summed E-state index contributed by atoms with van der Waals surface area (Å²) in [4.78, 5) is 10.5. The molecule has 2 rings (SSSR count). The highest BCUT2D eigenvalue weighted by Crippen LogP contribution is 2.25. The van der Waals surface area contributed by atoms with E-state index in [0.29, 0.717) is 0 Å². The lowest BCUT2D eigenvalue weighted by molar-refractivity contribution is 0.837. The molecule has 0 atom stereocenters. The number of halogens is 1. The van der Waals surface area contributed by atoms with Crippen LogP contribution in [0.1, 0.15) is 29.7 Å². The Hall–Kier alpha value is -0.940. The van der Waals surface area contributed by atoms with Crippen LogP contribution in [0.5, 0.6) is 0 Å². The van der Waals surface area contributed by atoms with Crippen LogP contribution >= 0.6 is 27.3 Å². The number of thiophene rings is 1. The summed E-state index contributed by atoms with van der Waals surface area (Å²) in [6.07, 6.45) is 2.85. The fraction of sp³-hybridized carbons (Fsp3) is 0.385. The van der Waals surface area contributed by atoms with Gasteiger partial charge in [0.25, 0.3) is 0 Å². The lowest BCUT2D eigenvalue weighted by Crippen LogP contribution is -2.06. The van der Waals surface area contributed by atoms with Gasteiger partial charge in [-0.3, -0.25) is 0 Å². The maximum Gasteiger partial charge on any atom is 0.144 e. The third-order valence-electron chi connectivity index (χ3n) is 2.60. The molecule has 0 unspecified atom stereocenters. The summed E-state index contributed by atoms with van der Waals surface area (Å²) in [5.74, 6) is 1.76. The van der Waals surface area contributed by atoms with E-state index in [0.717, 1.165) is 41.1 Å². The standard InChI is InChI=1S/C13H16BrN3S/c1-3-5-10-12(14)13(15-2)17-11(16-10)8-9-6-4-7-18-9/h4,6-7H,3,5,8H2,1-2H3,(H,15,16,17). The van der Waals surface area contributed by atoms with E-state index < -0.39 is 0 Å². The minimum atomic E-state index is 0.802. The Morgan fingerprint density at radius 3 is 2.83 bits per heavy atom. The number of aromatic nitrogens is 2. The monoisotopic (exact) mass is 325 g/mol.